The van der Waals surface area contributed by atoms with E-state index in [1.807, 2.05) is 26.0 Å². The molecule has 0 aromatic heterocycles. The van der Waals surface area contributed by atoms with Gasteiger partial charge < -0.3 is 10.2 Å². The quantitative estimate of drug-likeness (QED) is 0.811. The van der Waals surface area contributed by atoms with Crippen LogP contribution in [0.4, 0.5) is 24.5 Å². The fourth-order valence-corrected chi connectivity index (χ4v) is 2.54. The molecule has 0 saturated heterocycles. The van der Waals surface area contributed by atoms with E-state index in [2.05, 4.69) is 5.32 Å². The van der Waals surface area contributed by atoms with Gasteiger partial charge in [-0.3, -0.25) is 9.59 Å². The largest absolute Gasteiger partial charge is 0.416 e. The summed E-state index contributed by atoms with van der Waals surface area (Å²) in [5.41, 5.74) is 0.809. The Bertz CT molecular complexity index is 815. The zero-order valence-corrected chi connectivity index (χ0v) is 15.3. The minimum Gasteiger partial charge on any atom is -0.325 e. The molecule has 0 aliphatic rings. The molecule has 144 valence electrons. The molecule has 2 aromatic rings. The van der Waals surface area contributed by atoms with Gasteiger partial charge in [-0.25, -0.2) is 0 Å². The van der Waals surface area contributed by atoms with E-state index < -0.39 is 17.6 Å². The predicted octanol–water partition coefficient (Wildman–Crippen LogP) is 4.82. The number of nitrogens with one attached hydrogen (secondary N) is 1. The van der Waals surface area contributed by atoms with Crippen LogP contribution in [-0.4, -0.2) is 18.4 Å². The number of hydrogen-bond donors (Lipinski definition) is 1. The zero-order valence-electron chi connectivity index (χ0n) is 15.3. The van der Waals surface area contributed by atoms with E-state index in [1.54, 1.807) is 12.1 Å². The summed E-state index contributed by atoms with van der Waals surface area (Å²) in [6.07, 6.45) is -4.50. The van der Waals surface area contributed by atoms with Crippen molar-refractivity contribution in [1.29, 1.82) is 0 Å². The van der Waals surface area contributed by atoms with E-state index in [-0.39, 0.29) is 18.1 Å². The number of alkyl halides is 3. The molecule has 2 rings (SSSR count). The van der Waals surface area contributed by atoms with Crippen molar-refractivity contribution < 1.29 is 22.8 Å². The predicted molar refractivity (Wildman–Crippen MR) is 98.6 cm³/mol. The minimum absolute atomic E-state index is 0.0217. The van der Waals surface area contributed by atoms with Gasteiger partial charge in [0.2, 0.25) is 11.8 Å². The summed E-state index contributed by atoms with van der Waals surface area (Å²) in [5.74, 6) is -0.599. The fourth-order valence-electron chi connectivity index (χ4n) is 2.54. The van der Waals surface area contributed by atoms with Gasteiger partial charge in [-0.15, -0.1) is 0 Å². The second-order valence-corrected chi connectivity index (χ2v) is 6.48. The number of amides is 2. The lowest BCUT2D eigenvalue weighted by atomic mass is 10.0. The maximum atomic E-state index is 12.8. The summed E-state index contributed by atoms with van der Waals surface area (Å²) < 4.78 is 38.3. The van der Waals surface area contributed by atoms with Gasteiger partial charge in [0, 0.05) is 18.3 Å². The van der Waals surface area contributed by atoms with Crippen molar-refractivity contribution >= 4 is 23.2 Å². The molecule has 0 atom stereocenters. The maximum Gasteiger partial charge on any atom is 0.416 e. The monoisotopic (exact) mass is 378 g/mol. The second kappa shape index (κ2) is 8.24. The van der Waals surface area contributed by atoms with Gasteiger partial charge in [0.05, 0.1) is 5.56 Å². The summed E-state index contributed by atoms with van der Waals surface area (Å²) in [6, 6.07) is 11.6. The number of anilines is 2. The van der Waals surface area contributed by atoms with Crippen molar-refractivity contribution in [1.82, 2.24) is 0 Å². The van der Waals surface area contributed by atoms with Gasteiger partial charge in [0.15, 0.2) is 0 Å². The van der Waals surface area contributed by atoms with Crippen LogP contribution in [0.5, 0.6) is 0 Å². The third-order valence-electron chi connectivity index (χ3n) is 4.03. The number of hydrogen-bond acceptors (Lipinski definition) is 2. The first-order valence-electron chi connectivity index (χ1n) is 8.43. The van der Waals surface area contributed by atoms with Crippen LogP contribution in [0.25, 0.3) is 0 Å². The normalized spacial score (nSPS) is 11.4. The lowest BCUT2D eigenvalue weighted by Crippen LogP contribution is -2.36. The molecule has 1 N–H and O–H groups in total. The Morgan fingerprint density at radius 2 is 1.70 bits per heavy atom. The summed E-state index contributed by atoms with van der Waals surface area (Å²) in [6.45, 7) is 5.11. The Balaban J connectivity index is 2.12. The van der Waals surface area contributed by atoms with E-state index in [1.165, 1.54) is 24.0 Å². The molecule has 4 nitrogen and oxygen atoms in total. The summed E-state index contributed by atoms with van der Waals surface area (Å²) in [5, 5.41) is 2.41. The molecular formula is C20H21F3N2O2. The molecular weight excluding hydrogens is 357 g/mol. The van der Waals surface area contributed by atoms with Crippen molar-refractivity contribution in [2.45, 2.75) is 32.9 Å². The average Bonchev–Trinajstić information content (AvgIpc) is 2.59. The molecule has 0 bridgehead atoms. The summed E-state index contributed by atoms with van der Waals surface area (Å²) in [7, 11) is 0. The molecule has 0 spiro atoms. The molecule has 0 heterocycles. The van der Waals surface area contributed by atoms with Gasteiger partial charge >= 0.3 is 6.18 Å². The van der Waals surface area contributed by atoms with Gasteiger partial charge in [-0.05, 0) is 41.8 Å². The van der Waals surface area contributed by atoms with Crippen LogP contribution < -0.4 is 10.2 Å². The van der Waals surface area contributed by atoms with Crippen LogP contribution in [0.2, 0.25) is 0 Å². The zero-order chi connectivity index (χ0) is 20.2. The van der Waals surface area contributed by atoms with Crippen molar-refractivity contribution in [2.24, 2.45) is 0 Å². The van der Waals surface area contributed by atoms with Crippen LogP contribution in [0.3, 0.4) is 0 Å². The smallest absolute Gasteiger partial charge is 0.325 e. The highest BCUT2D eigenvalue weighted by Gasteiger charge is 2.30. The number of halogens is 3. The topological polar surface area (TPSA) is 49.4 Å². The third-order valence-corrected chi connectivity index (χ3v) is 4.03. The van der Waals surface area contributed by atoms with E-state index in [9.17, 15) is 22.8 Å². The SMILES string of the molecule is CC(=O)N(CC(=O)Nc1cccc(C(F)(F)F)c1)c1ccc(C(C)C)cc1. The van der Waals surface area contributed by atoms with Crippen LogP contribution >= 0.6 is 0 Å². The first kappa shape index (κ1) is 20.5. The molecule has 0 fully saturated rings. The molecule has 0 unspecified atom stereocenters. The van der Waals surface area contributed by atoms with Gasteiger partial charge in [-0.1, -0.05) is 32.0 Å². The first-order chi connectivity index (χ1) is 12.6. The molecule has 2 aromatic carbocycles. The van der Waals surface area contributed by atoms with Crippen LogP contribution in [0, 0.1) is 0 Å². The highest BCUT2D eigenvalue weighted by Crippen LogP contribution is 2.30. The third kappa shape index (κ3) is 5.57. The lowest BCUT2D eigenvalue weighted by molar-refractivity contribution is -0.137. The van der Waals surface area contributed by atoms with Crippen molar-refractivity contribution in [3.8, 4) is 0 Å². The van der Waals surface area contributed by atoms with Crippen molar-refractivity contribution in [3.63, 3.8) is 0 Å². The van der Waals surface area contributed by atoms with Crippen molar-refractivity contribution in [3.05, 3.63) is 59.7 Å². The highest BCUT2D eigenvalue weighted by molar-refractivity contribution is 6.01. The Morgan fingerprint density at radius 1 is 1.07 bits per heavy atom. The standard InChI is InChI=1S/C20H21F3N2O2/c1-13(2)15-7-9-18(10-8-15)25(14(3)26)12-19(27)24-17-6-4-5-16(11-17)20(21,22)23/h4-11,13H,12H2,1-3H3,(H,24,27). The molecule has 0 radical (unpaired) electrons. The molecule has 7 heteroatoms. The lowest BCUT2D eigenvalue weighted by Gasteiger charge is -2.21. The van der Waals surface area contributed by atoms with E-state index in [0.717, 1.165) is 17.7 Å². The van der Waals surface area contributed by atoms with Gasteiger partial charge in [0.1, 0.15) is 6.54 Å². The first-order valence-corrected chi connectivity index (χ1v) is 8.43. The average molecular weight is 378 g/mol. The summed E-state index contributed by atoms with van der Waals surface area (Å²) in [4.78, 5) is 25.5. The highest BCUT2D eigenvalue weighted by atomic mass is 19.4. The Hall–Kier alpha value is -2.83. The Labute approximate surface area is 156 Å². The molecule has 27 heavy (non-hydrogen) atoms. The van der Waals surface area contributed by atoms with E-state index in [0.29, 0.717) is 11.6 Å². The van der Waals surface area contributed by atoms with Crippen molar-refractivity contribution in [2.75, 3.05) is 16.8 Å². The van der Waals surface area contributed by atoms with Crippen LogP contribution in [0.15, 0.2) is 48.5 Å². The molecule has 0 aliphatic heterocycles. The van der Waals surface area contributed by atoms with E-state index >= 15 is 0 Å². The molecule has 2 amide bonds. The van der Waals surface area contributed by atoms with Gasteiger partial charge in [-0.2, -0.15) is 13.2 Å². The Morgan fingerprint density at radius 3 is 2.22 bits per heavy atom. The number of carbonyl (C=O) groups is 2. The number of carbonyl (C=O) groups excluding carboxylic acids is 2. The minimum atomic E-state index is -4.50. The number of nitrogens with zero attached hydrogens (tertiary/aromatic N) is 1. The van der Waals surface area contributed by atoms with Gasteiger partial charge in [0.25, 0.3) is 0 Å². The molecule has 0 aliphatic carbocycles. The summed E-state index contributed by atoms with van der Waals surface area (Å²) >= 11 is 0. The molecule has 0 saturated carbocycles. The van der Waals surface area contributed by atoms with Crippen LogP contribution in [-0.2, 0) is 15.8 Å². The number of benzene rings is 2. The second-order valence-electron chi connectivity index (χ2n) is 6.48. The maximum absolute atomic E-state index is 12.8. The van der Waals surface area contributed by atoms with E-state index in [4.69, 9.17) is 0 Å². The fraction of sp³-hybridized carbons (Fsp3) is 0.300. The van der Waals surface area contributed by atoms with Crippen LogP contribution in [0.1, 0.15) is 37.8 Å². The number of rotatable bonds is 5. The Kier molecular flexibility index (Phi) is 6.25.